The van der Waals surface area contributed by atoms with E-state index in [0.29, 0.717) is 29.2 Å². The van der Waals surface area contributed by atoms with Crippen molar-refractivity contribution in [1.29, 1.82) is 5.26 Å². The second-order valence-electron chi connectivity index (χ2n) is 8.35. The molecule has 3 aromatic carbocycles. The molecule has 7 heteroatoms. The SMILES string of the molecule is N#Cc1ccc(N2CCCCN2Cc2ccc(-c3cccc(C(F)(F)F)c3)o2)c2ccccc12. The van der Waals surface area contributed by atoms with Gasteiger partial charge >= 0.3 is 6.18 Å². The predicted octanol–water partition coefficient (Wildman–Crippen LogP) is 7.01. The van der Waals surface area contributed by atoms with E-state index in [1.165, 1.54) is 6.07 Å². The molecule has 5 rings (SSSR count). The van der Waals surface area contributed by atoms with Crippen LogP contribution in [0.4, 0.5) is 18.9 Å². The summed E-state index contributed by atoms with van der Waals surface area (Å²) >= 11 is 0. The maximum absolute atomic E-state index is 13.1. The van der Waals surface area contributed by atoms with Gasteiger partial charge in [0.2, 0.25) is 0 Å². The van der Waals surface area contributed by atoms with Crippen molar-refractivity contribution < 1.29 is 17.6 Å². The number of benzene rings is 3. The van der Waals surface area contributed by atoms with Gasteiger partial charge in [0, 0.05) is 29.4 Å². The molecular weight excluding hydrogens is 439 g/mol. The zero-order valence-electron chi connectivity index (χ0n) is 18.3. The zero-order chi connectivity index (χ0) is 23.7. The Labute approximate surface area is 195 Å². The standard InChI is InChI=1S/C27H22F3N3O/c28-27(29,30)21-7-5-6-19(16-21)26-13-11-22(34-26)18-32-14-3-4-15-33(32)25-12-10-20(17-31)23-8-1-2-9-24(23)25/h1-2,5-13,16H,3-4,14-15,18H2. The maximum atomic E-state index is 13.1. The summed E-state index contributed by atoms with van der Waals surface area (Å²) in [5.74, 6) is 1.09. The van der Waals surface area contributed by atoms with Crippen LogP contribution in [0.25, 0.3) is 22.1 Å². The fraction of sp³-hybridized carbons (Fsp3) is 0.222. The van der Waals surface area contributed by atoms with Crippen LogP contribution >= 0.6 is 0 Å². The molecule has 1 saturated heterocycles. The Bertz CT molecular complexity index is 1370. The number of nitriles is 1. The van der Waals surface area contributed by atoms with Crippen molar-refractivity contribution in [2.24, 2.45) is 0 Å². The summed E-state index contributed by atoms with van der Waals surface area (Å²) in [5.41, 5.74) is 1.37. The normalized spacial score (nSPS) is 14.9. The number of hydrazine groups is 1. The molecule has 4 nitrogen and oxygen atoms in total. The third-order valence-electron chi connectivity index (χ3n) is 6.15. The van der Waals surface area contributed by atoms with Crippen LogP contribution in [0.2, 0.25) is 0 Å². The first kappa shape index (κ1) is 22.1. The molecule has 0 amide bonds. The molecule has 1 aliphatic heterocycles. The third kappa shape index (κ3) is 4.25. The number of halogens is 3. The summed E-state index contributed by atoms with van der Waals surface area (Å²) in [6.07, 6.45) is -2.33. The zero-order valence-corrected chi connectivity index (χ0v) is 18.3. The molecule has 1 aliphatic rings. The van der Waals surface area contributed by atoms with E-state index in [2.05, 4.69) is 16.1 Å². The van der Waals surface area contributed by atoms with E-state index >= 15 is 0 Å². The van der Waals surface area contributed by atoms with Gasteiger partial charge in [0.15, 0.2) is 0 Å². The van der Waals surface area contributed by atoms with E-state index in [4.69, 9.17) is 4.42 Å². The van der Waals surface area contributed by atoms with Gasteiger partial charge in [-0.25, -0.2) is 5.01 Å². The van der Waals surface area contributed by atoms with Gasteiger partial charge in [-0.2, -0.15) is 18.4 Å². The molecule has 172 valence electrons. The Kier molecular flexibility index (Phi) is 5.76. The monoisotopic (exact) mass is 461 g/mol. The molecule has 2 heterocycles. The molecule has 0 N–H and O–H groups in total. The van der Waals surface area contributed by atoms with Crippen molar-refractivity contribution in [3.05, 3.63) is 89.7 Å². The Balaban J connectivity index is 1.43. The number of rotatable bonds is 4. The Morgan fingerprint density at radius 3 is 2.47 bits per heavy atom. The van der Waals surface area contributed by atoms with Crippen LogP contribution in [-0.2, 0) is 12.7 Å². The number of hydrogen-bond acceptors (Lipinski definition) is 4. The number of fused-ring (bicyclic) bond motifs is 1. The van der Waals surface area contributed by atoms with E-state index < -0.39 is 11.7 Å². The first-order valence-corrected chi connectivity index (χ1v) is 11.1. The van der Waals surface area contributed by atoms with Gasteiger partial charge in [-0.15, -0.1) is 0 Å². The summed E-state index contributed by atoms with van der Waals surface area (Å²) in [6.45, 7) is 2.15. The molecule has 0 atom stereocenters. The Morgan fingerprint density at radius 1 is 0.882 bits per heavy atom. The highest BCUT2D eigenvalue weighted by molar-refractivity contribution is 5.97. The van der Waals surface area contributed by atoms with Crippen molar-refractivity contribution in [2.45, 2.75) is 25.6 Å². The summed E-state index contributed by atoms with van der Waals surface area (Å²) in [4.78, 5) is 0. The first-order chi connectivity index (χ1) is 16.4. The lowest BCUT2D eigenvalue weighted by Gasteiger charge is -2.40. The van der Waals surface area contributed by atoms with Crippen molar-refractivity contribution in [1.82, 2.24) is 5.01 Å². The molecular formula is C27H22F3N3O. The summed E-state index contributed by atoms with van der Waals surface area (Å²) in [6, 6.07) is 22.7. The summed E-state index contributed by atoms with van der Waals surface area (Å²) in [7, 11) is 0. The highest BCUT2D eigenvalue weighted by Gasteiger charge is 2.30. The Hall–Kier alpha value is -3.76. The van der Waals surface area contributed by atoms with Crippen molar-refractivity contribution in [2.75, 3.05) is 18.1 Å². The molecule has 0 aliphatic carbocycles. The van der Waals surface area contributed by atoms with Crippen LogP contribution in [0, 0.1) is 11.3 Å². The molecule has 0 spiro atoms. The van der Waals surface area contributed by atoms with E-state index in [9.17, 15) is 18.4 Å². The molecule has 34 heavy (non-hydrogen) atoms. The fourth-order valence-electron chi connectivity index (χ4n) is 4.51. The first-order valence-electron chi connectivity index (χ1n) is 11.1. The molecule has 1 fully saturated rings. The summed E-state index contributed by atoms with van der Waals surface area (Å²) < 4.78 is 45.3. The number of nitrogens with zero attached hydrogens (tertiary/aromatic N) is 3. The minimum absolute atomic E-state index is 0.398. The van der Waals surface area contributed by atoms with Crippen LogP contribution < -0.4 is 5.01 Å². The van der Waals surface area contributed by atoms with Gasteiger partial charge in [0.05, 0.1) is 29.4 Å². The largest absolute Gasteiger partial charge is 0.460 e. The van der Waals surface area contributed by atoms with Crippen LogP contribution in [0.3, 0.4) is 0 Å². The Morgan fingerprint density at radius 2 is 1.68 bits per heavy atom. The van der Waals surface area contributed by atoms with E-state index in [1.54, 1.807) is 12.1 Å². The number of hydrogen-bond donors (Lipinski definition) is 0. The average molecular weight is 461 g/mol. The highest BCUT2D eigenvalue weighted by Crippen LogP contribution is 2.34. The van der Waals surface area contributed by atoms with E-state index in [1.807, 2.05) is 42.5 Å². The van der Waals surface area contributed by atoms with Gasteiger partial charge in [-0.3, -0.25) is 0 Å². The predicted molar refractivity (Wildman–Crippen MR) is 125 cm³/mol. The number of anilines is 1. The van der Waals surface area contributed by atoms with Crippen molar-refractivity contribution in [3.63, 3.8) is 0 Å². The average Bonchev–Trinajstić information content (AvgIpc) is 3.32. The maximum Gasteiger partial charge on any atom is 0.416 e. The molecule has 0 saturated carbocycles. The summed E-state index contributed by atoms with van der Waals surface area (Å²) in [5, 5.41) is 15.8. The van der Waals surface area contributed by atoms with Crippen LogP contribution in [-0.4, -0.2) is 18.1 Å². The molecule has 0 radical (unpaired) electrons. The van der Waals surface area contributed by atoms with Gasteiger partial charge < -0.3 is 9.43 Å². The van der Waals surface area contributed by atoms with E-state index in [-0.39, 0.29) is 0 Å². The third-order valence-corrected chi connectivity index (χ3v) is 6.15. The van der Waals surface area contributed by atoms with Gasteiger partial charge in [0.25, 0.3) is 0 Å². The lowest BCUT2D eigenvalue weighted by molar-refractivity contribution is -0.137. The lowest BCUT2D eigenvalue weighted by Crippen LogP contribution is -2.47. The minimum atomic E-state index is -4.40. The molecule has 4 aromatic rings. The minimum Gasteiger partial charge on any atom is -0.460 e. The molecule has 0 unspecified atom stereocenters. The van der Waals surface area contributed by atoms with Crippen molar-refractivity contribution >= 4 is 16.5 Å². The lowest BCUT2D eigenvalue weighted by atomic mass is 10.0. The highest BCUT2D eigenvalue weighted by atomic mass is 19.4. The van der Waals surface area contributed by atoms with Crippen molar-refractivity contribution in [3.8, 4) is 17.4 Å². The second-order valence-corrected chi connectivity index (χ2v) is 8.35. The number of alkyl halides is 3. The second kappa shape index (κ2) is 8.88. The smallest absolute Gasteiger partial charge is 0.416 e. The van der Waals surface area contributed by atoms with Crippen LogP contribution in [0.1, 0.15) is 29.7 Å². The van der Waals surface area contributed by atoms with E-state index in [0.717, 1.165) is 54.5 Å². The topological polar surface area (TPSA) is 43.4 Å². The quantitative estimate of drug-likeness (QED) is 0.328. The van der Waals surface area contributed by atoms with Gasteiger partial charge in [0.1, 0.15) is 11.5 Å². The van der Waals surface area contributed by atoms with Gasteiger partial charge in [-0.1, -0.05) is 36.4 Å². The molecule has 0 bridgehead atoms. The van der Waals surface area contributed by atoms with Gasteiger partial charge in [-0.05, 0) is 49.2 Å². The van der Waals surface area contributed by atoms with Crippen LogP contribution in [0.5, 0.6) is 0 Å². The number of furan rings is 1. The van der Waals surface area contributed by atoms with Crippen LogP contribution in [0.15, 0.2) is 77.2 Å². The molecule has 1 aromatic heterocycles. The fourth-order valence-corrected chi connectivity index (χ4v) is 4.51.